The van der Waals surface area contributed by atoms with E-state index in [2.05, 4.69) is 10.3 Å². The summed E-state index contributed by atoms with van der Waals surface area (Å²) in [7, 11) is 0. The van der Waals surface area contributed by atoms with Crippen molar-refractivity contribution in [3.05, 3.63) is 58.1 Å². The lowest BCUT2D eigenvalue weighted by molar-refractivity contribution is -0.126. The van der Waals surface area contributed by atoms with Gasteiger partial charge in [0.15, 0.2) is 0 Å². The Kier molecular flexibility index (Phi) is 4.85. The third-order valence-corrected chi connectivity index (χ3v) is 6.02. The molecule has 2 heterocycles. The highest BCUT2D eigenvalue weighted by molar-refractivity contribution is 7.18. The number of anilines is 1. The van der Waals surface area contributed by atoms with E-state index in [0.717, 1.165) is 26.5 Å². The van der Waals surface area contributed by atoms with Gasteiger partial charge in [-0.15, -0.1) is 11.3 Å². The fourth-order valence-electron chi connectivity index (χ4n) is 3.30. The third-order valence-electron chi connectivity index (χ3n) is 4.70. The second-order valence-corrected chi connectivity index (χ2v) is 8.24. The van der Waals surface area contributed by atoms with Crippen molar-refractivity contribution >= 4 is 50.7 Å². The number of fused-ring (bicyclic) bond motifs is 1. The fraction of sp³-hybridized carbons (Fsp3) is 0.250. The number of nitrogens with zero attached hydrogens (tertiary/aromatic N) is 2. The van der Waals surface area contributed by atoms with Crippen molar-refractivity contribution in [2.75, 3.05) is 11.4 Å². The molecule has 1 aliphatic heterocycles. The molecule has 3 aromatic rings. The molecule has 4 rings (SSSR count). The lowest BCUT2D eigenvalue weighted by Gasteiger charge is -2.17. The standard InChI is InChI=1S/C20H18ClN3O2S/c1-12-23-17-9-15(6-7-18(17)27-12)24-11-14(8-19(24)25)20(26)22-10-13-4-2-3-5-16(13)21/h2-7,9,14H,8,10-11H2,1H3,(H,22,26). The monoisotopic (exact) mass is 399 g/mol. The van der Waals surface area contributed by atoms with Gasteiger partial charge in [0, 0.05) is 30.2 Å². The number of halogens is 1. The maximum Gasteiger partial charge on any atom is 0.227 e. The molecule has 1 fully saturated rings. The Morgan fingerprint density at radius 3 is 2.96 bits per heavy atom. The molecule has 1 saturated heterocycles. The molecule has 1 unspecified atom stereocenters. The smallest absolute Gasteiger partial charge is 0.227 e. The molecule has 0 saturated carbocycles. The lowest BCUT2D eigenvalue weighted by atomic mass is 10.1. The summed E-state index contributed by atoms with van der Waals surface area (Å²) in [4.78, 5) is 31.1. The van der Waals surface area contributed by atoms with Crippen LogP contribution in [-0.4, -0.2) is 23.3 Å². The first-order valence-electron chi connectivity index (χ1n) is 8.70. The third kappa shape index (κ3) is 3.68. The van der Waals surface area contributed by atoms with Crippen LogP contribution in [0.5, 0.6) is 0 Å². The first-order valence-corrected chi connectivity index (χ1v) is 9.89. The minimum absolute atomic E-state index is 0.0424. The molecular weight excluding hydrogens is 382 g/mol. The molecule has 0 bridgehead atoms. The van der Waals surface area contributed by atoms with Crippen molar-refractivity contribution in [2.45, 2.75) is 19.9 Å². The van der Waals surface area contributed by atoms with Gasteiger partial charge < -0.3 is 10.2 Å². The predicted molar refractivity (Wildman–Crippen MR) is 108 cm³/mol. The summed E-state index contributed by atoms with van der Waals surface area (Å²) in [5.74, 6) is -0.539. The SMILES string of the molecule is Cc1nc2cc(N3CC(C(=O)NCc4ccccc4Cl)CC3=O)ccc2s1. The van der Waals surface area contributed by atoms with E-state index in [4.69, 9.17) is 11.6 Å². The molecule has 5 nitrogen and oxygen atoms in total. The van der Waals surface area contributed by atoms with Gasteiger partial charge in [0.05, 0.1) is 21.1 Å². The van der Waals surface area contributed by atoms with Gasteiger partial charge in [0.2, 0.25) is 11.8 Å². The largest absolute Gasteiger partial charge is 0.352 e. The molecule has 1 aliphatic rings. The summed E-state index contributed by atoms with van der Waals surface area (Å²) in [6.45, 7) is 2.69. The van der Waals surface area contributed by atoms with Crippen LogP contribution in [0.2, 0.25) is 5.02 Å². The van der Waals surface area contributed by atoms with E-state index in [1.54, 1.807) is 22.3 Å². The Bertz CT molecular complexity index is 1030. The van der Waals surface area contributed by atoms with E-state index in [0.29, 0.717) is 18.1 Å². The first-order chi connectivity index (χ1) is 13.0. The second-order valence-electron chi connectivity index (χ2n) is 6.60. The molecule has 1 atom stereocenters. The summed E-state index contributed by atoms with van der Waals surface area (Å²) >= 11 is 7.75. The number of hydrogen-bond donors (Lipinski definition) is 1. The average Bonchev–Trinajstić information content (AvgIpc) is 3.21. The van der Waals surface area contributed by atoms with Crippen molar-refractivity contribution in [1.82, 2.24) is 10.3 Å². The minimum atomic E-state index is -0.368. The van der Waals surface area contributed by atoms with Crippen LogP contribution >= 0.6 is 22.9 Å². The van der Waals surface area contributed by atoms with E-state index in [1.165, 1.54) is 0 Å². The van der Waals surface area contributed by atoms with Gasteiger partial charge in [-0.25, -0.2) is 4.98 Å². The number of amides is 2. The van der Waals surface area contributed by atoms with Crippen molar-refractivity contribution < 1.29 is 9.59 Å². The number of aryl methyl sites for hydroxylation is 1. The Balaban J connectivity index is 1.44. The van der Waals surface area contributed by atoms with Gasteiger partial charge in [-0.3, -0.25) is 9.59 Å². The van der Waals surface area contributed by atoms with Crippen molar-refractivity contribution in [2.24, 2.45) is 5.92 Å². The summed E-state index contributed by atoms with van der Waals surface area (Å²) in [6, 6.07) is 13.2. The van der Waals surface area contributed by atoms with Crippen LogP contribution in [0.25, 0.3) is 10.2 Å². The van der Waals surface area contributed by atoms with Gasteiger partial charge in [-0.1, -0.05) is 29.8 Å². The fourth-order valence-corrected chi connectivity index (χ4v) is 4.31. The van der Waals surface area contributed by atoms with Gasteiger partial charge in [-0.2, -0.15) is 0 Å². The topological polar surface area (TPSA) is 62.3 Å². The highest BCUT2D eigenvalue weighted by Gasteiger charge is 2.35. The zero-order valence-corrected chi connectivity index (χ0v) is 16.3. The van der Waals surface area contributed by atoms with E-state index >= 15 is 0 Å². The van der Waals surface area contributed by atoms with Gasteiger partial charge >= 0.3 is 0 Å². The van der Waals surface area contributed by atoms with Crippen molar-refractivity contribution in [3.8, 4) is 0 Å². The molecule has 1 aromatic heterocycles. The van der Waals surface area contributed by atoms with Crippen LogP contribution in [0, 0.1) is 12.8 Å². The van der Waals surface area contributed by atoms with E-state index in [-0.39, 0.29) is 24.2 Å². The molecular formula is C20H18ClN3O2S. The van der Waals surface area contributed by atoms with Crippen molar-refractivity contribution in [3.63, 3.8) is 0 Å². The van der Waals surface area contributed by atoms with Crippen LogP contribution < -0.4 is 10.2 Å². The van der Waals surface area contributed by atoms with Crippen molar-refractivity contribution in [1.29, 1.82) is 0 Å². The van der Waals surface area contributed by atoms with Gasteiger partial charge in [0.25, 0.3) is 0 Å². The zero-order valence-electron chi connectivity index (χ0n) is 14.7. The summed E-state index contributed by atoms with van der Waals surface area (Å²) in [5.41, 5.74) is 2.53. The zero-order chi connectivity index (χ0) is 19.0. The van der Waals surface area contributed by atoms with Gasteiger partial charge in [-0.05, 0) is 36.8 Å². The number of hydrogen-bond acceptors (Lipinski definition) is 4. The van der Waals surface area contributed by atoms with E-state index in [1.807, 2.05) is 43.3 Å². The highest BCUT2D eigenvalue weighted by Crippen LogP contribution is 2.30. The Hall–Kier alpha value is -2.44. The van der Waals surface area contributed by atoms with E-state index in [9.17, 15) is 9.59 Å². The van der Waals surface area contributed by atoms with Crippen LogP contribution in [0.1, 0.15) is 17.0 Å². The molecule has 2 amide bonds. The van der Waals surface area contributed by atoms with Crippen LogP contribution in [0.3, 0.4) is 0 Å². The Morgan fingerprint density at radius 2 is 2.15 bits per heavy atom. The molecule has 0 radical (unpaired) electrons. The maximum absolute atomic E-state index is 12.5. The normalized spacial score (nSPS) is 16.9. The second kappa shape index (κ2) is 7.29. The molecule has 7 heteroatoms. The Labute approximate surface area is 166 Å². The number of aromatic nitrogens is 1. The lowest BCUT2D eigenvalue weighted by Crippen LogP contribution is -2.32. The number of carbonyl (C=O) groups excluding carboxylic acids is 2. The van der Waals surface area contributed by atoms with Gasteiger partial charge in [0.1, 0.15) is 0 Å². The molecule has 138 valence electrons. The number of benzene rings is 2. The summed E-state index contributed by atoms with van der Waals surface area (Å²) in [5, 5.41) is 4.51. The number of carbonyl (C=O) groups is 2. The molecule has 0 spiro atoms. The minimum Gasteiger partial charge on any atom is -0.352 e. The van der Waals surface area contributed by atoms with Crippen LogP contribution in [0.4, 0.5) is 5.69 Å². The molecule has 0 aliphatic carbocycles. The van der Waals surface area contributed by atoms with Crippen LogP contribution in [0.15, 0.2) is 42.5 Å². The van der Waals surface area contributed by atoms with Crippen LogP contribution in [-0.2, 0) is 16.1 Å². The average molecular weight is 400 g/mol. The number of rotatable bonds is 4. The molecule has 2 aromatic carbocycles. The highest BCUT2D eigenvalue weighted by atomic mass is 35.5. The summed E-state index contributed by atoms with van der Waals surface area (Å²) in [6.07, 6.45) is 0.211. The molecule has 27 heavy (non-hydrogen) atoms. The number of nitrogens with one attached hydrogen (secondary N) is 1. The van der Waals surface area contributed by atoms with E-state index < -0.39 is 0 Å². The summed E-state index contributed by atoms with van der Waals surface area (Å²) < 4.78 is 1.09. The first kappa shape index (κ1) is 17.9. The Morgan fingerprint density at radius 1 is 1.33 bits per heavy atom. The quantitative estimate of drug-likeness (QED) is 0.723. The number of thiazole rings is 1. The molecule has 1 N–H and O–H groups in total. The predicted octanol–water partition coefficient (Wildman–Crippen LogP) is 3.93. The maximum atomic E-state index is 12.5.